The fourth-order valence-corrected chi connectivity index (χ4v) is 13.7. The number of hydrogen-bond acceptors (Lipinski definition) is 12. The fraction of sp³-hybridized carbons (Fsp3) is 0.464. The molecule has 5 aliphatic rings. The van der Waals surface area contributed by atoms with E-state index in [9.17, 15) is 24.0 Å². The quantitative estimate of drug-likeness (QED) is 0.0923. The second-order valence-corrected chi connectivity index (χ2v) is 23.7. The molecule has 3 aliphatic heterocycles. The molecule has 6 aromatic rings. The van der Waals surface area contributed by atoms with Gasteiger partial charge in [-0.15, -0.1) is 26.6 Å². The summed E-state index contributed by atoms with van der Waals surface area (Å²) in [5, 5.41) is 28.3. The lowest BCUT2D eigenvalue weighted by atomic mass is 9.66. The molecule has 0 radical (unpaired) electrons. The molecule has 11 rings (SSSR count). The molecule has 2 aliphatic carbocycles. The highest BCUT2D eigenvalue weighted by atomic mass is 35.5. The number of aryl methyl sites for hydroxylation is 2. The first-order valence-electron chi connectivity index (χ1n) is 26.5. The Labute approximate surface area is 460 Å². The van der Waals surface area contributed by atoms with E-state index in [1.807, 2.05) is 82.8 Å². The lowest BCUT2D eigenvalue weighted by molar-refractivity contribution is -0.153. The third-order valence-corrected chi connectivity index (χ3v) is 18.5. The van der Waals surface area contributed by atoms with Gasteiger partial charge >= 0.3 is 0 Å². The van der Waals surface area contributed by atoms with Crippen LogP contribution in [0, 0.1) is 37.5 Å². The number of fused-ring (bicyclic) bond motifs is 5. The summed E-state index contributed by atoms with van der Waals surface area (Å²) in [6.45, 7) is 9.82. The third kappa shape index (κ3) is 9.98. The van der Waals surface area contributed by atoms with Crippen molar-refractivity contribution in [3.05, 3.63) is 115 Å². The summed E-state index contributed by atoms with van der Waals surface area (Å²) >= 11 is 14.9. The number of ether oxygens (including phenoxy) is 1. The van der Waals surface area contributed by atoms with Crippen LogP contribution in [0.5, 0.6) is 5.75 Å². The minimum Gasteiger partial charge on any atom is -0.489 e. The minimum absolute atomic E-state index is 0.0309. The normalized spacial score (nSPS) is 21.3. The van der Waals surface area contributed by atoms with Gasteiger partial charge < -0.3 is 30.5 Å². The maximum Gasteiger partial charge on any atom is 0.239 e. The molecule has 5 amide bonds. The van der Waals surface area contributed by atoms with E-state index >= 15 is 0 Å². The highest BCUT2D eigenvalue weighted by Gasteiger charge is 2.54. The Morgan fingerprint density at radius 1 is 0.935 bits per heavy atom. The molecule has 3 aromatic carbocycles. The van der Waals surface area contributed by atoms with Crippen LogP contribution in [-0.2, 0) is 43.5 Å². The number of rotatable bonds is 15. The van der Waals surface area contributed by atoms with Crippen LogP contribution in [0.4, 0.5) is 0 Å². The Hall–Kier alpha value is -6.70. The van der Waals surface area contributed by atoms with E-state index in [1.165, 1.54) is 0 Å². The van der Waals surface area contributed by atoms with Crippen LogP contribution in [0.1, 0.15) is 120 Å². The number of nitrogens with zero attached hydrogens (tertiary/aromatic N) is 9. The standard InChI is InChI=1S/C56H62Cl2N12O6S/c1-31-32(2)77-53-48(31)50(35-10-12-36(57)13-11-35)62-41(51-65-63-33(3)70(51)53)25-45(71)61-27-46(72)60-21-23-69-42-15-9-34(24-40(42)64-66-69)29-76-44-16-14-39(58)37-17-22-68(52(74)38-8-6-7-18-55(38,4)54(75)59-5)43(49(37)44)28-67-30-56(19-20-56)26-47(67)73/h9-16,24,38,41,43H,6-8,17-23,25-30H2,1-5H3,(H,59,75)(H,60,72)(H,61,71)/t38-,41-,43+,55-/m0/s1. The summed E-state index contributed by atoms with van der Waals surface area (Å²) in [6.07, 6.45) is 5.99. The first-order valence-corrected chi connectivity index (χ1v) is 28.1. The van der Waals surface area contributed by atoms with Crippen molar-refractivity contribution in [2.24, 2.45) is 21.7 Å². The summed E-state index contributed by atoms with van der Waals surface area (Å²) in [4.78, 5) is 78.7. The predicted molar refractivity (Wildman–Crippen MR) is 292 cm³/mol. The van der Waals surface area contributed by atoms with Crippen LogP contribution in [0.25, 0.3) is 16.0 Å². The number of carbonyl (C=O) groups excluding carboxylic acids is 5. The van der Waals surface area contributed by atoms with E-state index in [0.717, 1.165) is 80.2 Å². The molecule has 402 valence electrons. The van der Waals surface area contributed by atoms with Crippen molar-refractivity contribution in [3.63, 3.8) is 0 Å². The average molecular weight is 1100 g/mol. The first-order chi connectivity index (χ1) is 37.0. The topological polar surface area (TPSA) is 211 Å². The largest absolute Gasteiger partial charge is 0.489 e. The number of halogens is 2. The zero-order chi connectivity index (χ0) is 53.9. The van der Waals surface area contributed by atoms with Crippen molar-refractivity contribution in [1.82, 2.24) is 55.5 Å². The number of aliphatic imine (C=N–C) groups is 1. The number of nitrogens with one attached hydrogen (secondary N) is 3. The highest BCUT2D eigenvalue weighted by molar-refractivity contribution is 7.15. The van der Waals surface area contributed by atoms with Crippen molar-refractivity contribution >= 4 is 80.8 Å². The molecular weight excluding hydrogens is 1040 g/mol. The Morgan fingerprint density at radius 2 is 1.74 bits per heavy atom. The van der Waals surface area contributed by atoms with E-state index in [2.05, 4.69) is 50.3 Å². The van der Waals surface area contributed by atoms with Gasteiger partial charge in [0.05, 0.1) is 48.1 Å². The summed E-state index contributed by atoms with van der Waals surface area (Å²) < 4.78 is 10.4. The van der Waals surface area contributed by atoms with Crippen molar-refractivity contribution in [2.75, 3.05) is 39.8 Å². The molecule has 6 heterocycles. The molecule has 3 aromatic heterocycles. The smallest absolute Gasteiger partial charge is 0.239 e. The summed E-state index contributed by atoms with van der Waals surface area (Å²) in [7, 11) is 1.63. The second-order valence-electron chi connectivity index (χ2n) is 21.6. The number of amides is 5. The van der Waals surface area contributed by atoms with Crippen LogP contribution in [0.3, 0.4) is 0 Å². The van der Waals surface area contributed by atoms with Gasteiger partial charge in [0.2, 0.25) is 29.5 Å². The first kappa shape index (κ1) is 52.4. The van der Waals surface area contributed by atoms with Crippen LogP contribution in [-0.4, -0.2) is 115 Å². The lowest BCUT2D eigenvalue weighted by Gasteiger charge is -2.46. The van der Waals surface area contributed by atoms with Gasteiger partial charge in [0, 0.05) is 71.3 Å². The Morgan fingerprint density at radius 3 is 2.51 bits per heavy atom. The van der Waals surface area contributed by atoms with Gasteiger partial charge in [0.15, 0.2) is 5.82 Å². The molecule has 21 heteroatoms. The minimum atomic E-state index is -0.852. The van der Waals surface area contributed by atoms with E-state index in [4.69, 9.17) is 32.9 Å². The Kier molecular flexibility index (Phi) is 14.2. The molecule has 4 atom stereocenters. The molecule has 2 saturated carbocycles. The zero-order valence-electron chi connectivity index (χ0n) is 43.9. The number of likely N-dealkylation sites (tertiary alicyclic amines) is 1. The van der Waals surface area contributed by atoms with E-state index in [1.54, 1.807) is 23.1 Å². The molecule has 0 unspecified atom stereocenters. The van der Waals surface area contributed by atoms with Crippen molar-refractivity contribution in [3.8, 4) is 10.8 Å². The van der Waals surface area contributed by atoms with Crippen LogP contribution in [0.15, 0.2) is 59.6 Å². The molecule has 0 bridgehead atoms. The molecule has 1 saturated heterocycles. The zero-order valence-corrected chi connectivity index (χ0v) is 46.2. The van der Waals surface area contributed by atoms with Gasteiger partial charge in [-0.05, 0) is 118 Å². The van der Waals surface area contributed by atoms with Gasteiger partial charge in [-0.2, -0.15) is 0 Å². The molecule has 77 heavy (non-hydrogen) atoms. The van der Waals surface area contributed by atoms with Gasteiger partial charge in [-0.25, -0.2) is 4.68 Å². The average Bonchev–Trinajstić information content (AvgIpc) is 3.87. The predicted octanol–water partition coefficient (Wildman–Crippen LogP) is 7.48. The molecular formula is C56H62Cl2N12O6S. The number of thiophene rings is 1. The molecule has 3 fully saturated rings. The van der Waals surface area contributed by atoms with Crippen LogP contribution in [0.2, 0.25) is 10.0 Å². The fourth-order valence-electron chi connectivity index (χ4n) is 12.1. The maximum absolute atomic E-state index is 15.0. The number of hydrogen-bond donors (Lipinski definition) is 3. The van der Waals surface area contributed by atoms with Gasteiger partial charge in [0.1, 0.15) is 34.7 Å². The van der Waals surface area contributed by atoms with Crippen molar-refractivity contribution in [1.29, 1.82) is 0 Å². The maximum atomic E-state index is 15.0. The second kappa shape index (κ2) is 20.9. The van der Waals surface area contributed by atoms with Crippen LogP contribution >= 0.6 is 34.5 Å². The SMILES string of the molecule is CNC(=O)[C@@]1(C)CCCC[C@H]1C(=O)N1CCc2c(Cl)ccc(OCc3ccc4c(c3)nnn4CCNC(=O)CNC(=O)C[C@@H]3N=C(c4ccc(Cl)cc4)c4c(sc(C)c4C)-n4c(C)nnc43)c2[C@H]1CN1CC2(CC2)CC1=O. The monoisotopic (exact) mass is 1100 g/mol. The Bertz CT molecular complexity index is 3380. The van der Waals surface area contributed by atoms with E-state index < -0.39 is 23.4 Å². The molecule has 1 spiro atoms. The van der Waals surface area contributed by atoms with E-state index in [-0.39, 0.29) is 61.1 Å². The third-order valence-electron chi connectivity index (χ3n) is 16.7. The lowest BCUT2D eigenvalue weighted by Crippen LogP contribution is -2.54. The van der Waals surface area contributed by atoms with Crippen molar-refractivity contribution < 1.29 is 28.7 Å². The summed E-state index contributed by atoms with van der Waals surface area (Å²) in [5.41, 5.74) is 6.75. The Balaban J connectivity index is 0.738. The highest BCUT2D eigenvalue weighted by Crippen LogP contribution is 2.54. The van der Waals surface area contributed by atoms with Crippen molar-refractivity contribution in [2.45, 2.75) is 111 Å². The molecule has 18 nitrogen and oxygen atoms in total. The summed E-state index contributed by atoms with van der Waals surface area (Å²) in [6, 6.07) is 15.7. The van der Waals surface area contributed by atoms with Gasteiger partial charge in [0.25, 0.3) is 0 Å². The van der Waals surface area contributed by atoms with Crippen LogP contribution < -0.4 is 20.7 Å². The van der Waals surface area contributed by atoms with Gasteiger partial charge in [-0.3, -0.25) is 33.5 Å². The summed E-state index contributed by atoms with van der Waals surface area (Å²) in [5.74, 6) is 0.469. The van der Waals surface area contributed by atoms with E-state index in [0.29, 0.717) is 84.8 Å². The number of carbonyl (C=O) groups is 5. The molecule has 3 N–H and O–H groups in total. The number of aromatic nitrogens is 6. The van der Waals surface area contributed by atoms with Gasteiger partial charge in [-0.1, -0.05) is 59.5 Å². The number of benzene rings is 3.